The summed E-state index contributed by atoms with van der Waals surface area (Å²) in [7, 11) is 0. The molecule has 0 spiro atoms. The Labute approximate surface area is 90.1 Å². The fourth-order valence-corrected chi connectivity index (χ4v) is 1.06. The van der Waals surface area contributed by atoms with E-state index in [4.69, 9.17) is 10.2 Å². The highest BCUT2D eigenvalue weighted by atomic mass is 19.3. The quantitative estimate of drug-likeness (QED) is 0.615. The zero-order chi connectivity index (χ0) is 12.3. The Bertz CT molecular complexity index is 404. The number of hydrogen-bond donors (Lipinski definition) is 2. The molecular formula is C10H10F2O4. The number of alkyl halides is 2. The van der Waals surface area contributed by atoms with Crippen molar-refractivity contribution >= 4 is 5.97 Å². The van der Waals surface area contributed by atoms with E-state index in [9.17, 15) is 13.6 Å². The van der Waals surface area contributed by atoms with E-state index in [0.29, 0.717) is 6.07 Å². The predicted molar refractivity (Wildman–Crippen MR) is 50.3 cm³/mol. The van der Waals surface area contributed by atoms with E-state index in [2.05, 4.69) is 4.74 Å². The number of phenolic OH excluding ortho intramolecular Hbond substituents is 2. The average molecular weight is 232 g/mol. The molecule has 0 atom stereocenters. The maximum absolute atomic E-state index is 13.4. The van der Waals surface area contributed by atoms with Crippen molar-refractivity contribution in [3.8, 4) is 11.5 Å². The lowest BCUT2D eigenvalue weighted by Gasteiger charge is -2.15. The Morgan fingerprint density at radius 1 is 1.38 bits per heavy atom. The van der Waals surface area contributed by atoms with E-state index in [1.54, 1.807) is 0 Å². The van der Waals surface area contributed by atoms with E-state index in [1.807, 2.05) is 0 Å². The molecule has 0 aliphatic rings. The summed E-state index contributed by atoms with van der Waals surface area (Å²) in [5.41, 5.74) is -0.735. The van der Waals surface area contributed by atoms with E-state index in [0.717, 1.165) is 12.1 Å². The van der Waals surface area contributed by atoms with Gasteiger partial charge in [-0.25, -0.2) is 4.79 Å². The van der Waals surface area contributed by atoms with Crippen molar-refractivity contribution < 1.29 is 28.5 Å². The zero-order valence-corrected chi connectivity index (χ0v) is 8.41. The first-order valence-corrected chi connectivity index (χ1v) is 4.47. The molecule has 0 heterocycles. The molecule has 1 rings (SSSR count). The summed E-state index contributed by atoms with van der Waals surface area (Å²) < 4.78 is 31.0. The van der Waals surface area contributed by atoms with Crippen molar-refractivity contribution in [2.24, 2.45) is 0 Å². The van der Waals surface area contributed by atoms with Gasteiger partial charge in [-0.2, -0.15) is 8.78 Å². The predicted octanol–water partition coefficient (Wildman–Crippen LogP) is 1.75. The normalized spacial score (nSPS) is 11.2. The number of ether oxygens (including phenoxy) is 1. The van der Waals surface area contributed by atoms with E-state index in [1.165, 1.54) is 6.92 Å². The number of benzene rings is 1. The van der Waals surface area contributed by atoms with Crippen LogP contribution in [0.25, 0.3) is 0 Å². The molecule has 0 aliphatic heterocycles. The molecule has 16 heavy (non-hydrogen) atoms. The highest BCUT2D eigenvalue weighted by Crippen LogP contribution is 2.34. The van der Waals surface area contributed by atoms with Crippen LogP contribution < -0.4 is 0 Å². The van der Waals surface area contributed by atoms with Crippen LogP contribution in [0.4, 0.5) is 8.78 Å². The van der Waals surface area contributed by atoms with Crippen LogP contribution in [0.15, 0.2) is 18.2 Å². The molecule has 6 heteroatoms. The molecule has 0 saturated heterocycles. The lowest BCUT2D eigenvalue weighted by molar-refractivity contribution is -0.173. The minimum atomic E-state index is -3.85. The number of esters is 1. The first kappa shape index (κ1) is 12.2. The van der Waals surface area contributed by atoms with E-state index in [-0.39, 0.29) is 6.61 Å². The minimum Gasteiger partial charge on any atom is -0.504 e. The van der Waals surface area contributed by atoms with Crippen LogP contribution in [-0.2, 0) is 15.5 Å². The van der Waals surface area contributed by atoms with Crippen LogP contribution in [0.1, 0.15) is 12.5 Å². The van der Waals surface area contributed by atoms with E-state index >= 15 is 0 Å². The third kappa shape index (κ3) is 2.21. The Kier molecular flexibility index (Phi) is 3.31. The maximum Gasteiger partial charge on any atom is 0.381 e. The fourth-order valence-electron chi connectivity index (χ4n) is 1.06. The maximum atomic E-state index is 13.4. The highest BCUT2D eigenvalue weighted by molar-refractivity contribution is 5.79. The lowest BCUT2D eigenvalue weighted by Crippen LogP contribution is -2.28. The molecule has 0 aromatic heterocycles. The summed E-state index contributed by atoms with van der Waals surface area (Å²) in [5, 5.41) is 18.0. The van der Waals surface area contributed by atoms with Gasteiger partial charge in [0, 0.05) is 5.56 Å². The van der Waals surface area contributed by atoms with Gasteiger partial charge in [-0.3, -0.25) is 0 Å². The van der Waals surface area contributed by atoms with Gasteiger partial charge in [-0.05, 0) is 25.1 Å². The van der Waals surface area contributed by atoms with Gasteiger partial charge in [0.1, 0.15) is 0 Å². The van der Waals surface area contributed by atoms with Crippen molar-refractivity contribution in [2.75, 3.05) is 6.61 Å². The number of rotatable bonds is 3. The molecule has 1 aromatic rings. The largest absolute Gasteiger partial charge is 0.504 e. The molecule has 0 radical (unpaired) electrons. The molecule has 4 nitrogen and oxygen atoms in total. The second-order valence-corrected chi connectivity index (χ2v) is 3.00. The molecule has 0 bridgehead atoms. The van der Waals surface area contributed by atoms with Gasteiger partial charge in [0.15, 0.2) is 11.5 Å². The summed E-state index contributed by atoms with van der Waals surface area (Å²) in [4.78, 5) is 10.9. The number of aromatic hydroxyl groups is 2. The van der Waals surface area contributed by atoms with Crippen LogP contribution in [0.5, 0.6) is 11.5 Å². The van der Waals surface area contributed by atoms with Crippen LogP contribution in [0, 0.1) is 0 Å². The van der Waals surface area contributed by atoms with Crippen molar-refractivity contribution in [1.82, 2.24) is 0 Å². The van der Waals surface area contributed by atoms with Crippen molar-refractivity contribution in [3.63, 3.8) is 0 Å². The van der Waals surface area contributed by atoms with Crippen LogP contribution >= 0.6 is 0 Å². The second kappa shape index (κ2) is 4.34. The first-order valence-electron chi connectivity index (χ1n) is 4.47. The van der Waals surface area contributed by atoms with Crippen LogP contribution in [0.2, 0.25) is 0 Å². The summed E-state index contributed by atoms with van der Waals surface area (Å²) in [6.45, 7) is 1.24. The van der Waals surface area contributed by atoms with Gasteiger partial charge in [0.2, 0.25) is 0 Å². The molecule has 0 amide bonds. The molecule has 2 N–H and O–H groups in total. The van der Waals surface area contributed by atoms with Gasteiger partial charge < -0.3 is 14.9 Å². The first-order chi connectivity index (χ1) is 7.39. The van der Waals surface area contributed by atoms with Gasteiger partial charge in [0.25, 0.3) is 0 Å². The van der Waals surface area contributed by atoms with Gasteiger partial charge in [0.05, 0.1) is 6.61 Å². The standard InChI is InChI=1S/C10H10F2O4/c1-2-16-9(15)10(11,12)6-3-4-7(13)8(14)5-6/h3-5,13-14H,2H2,1H3. The molecule has 0 fully saturated rings. The van der Waals surface area contributed by atoms with Crippen molar-refractivity contribution in [3.05, 3.63) is 23.8 Å². The number of carbonyl (C=O) groups is 1. The van der Waals surface area contributed by atoms with Crippen LogP contribution in [-0.4, -0.2) is 22.8 Å². The Hall–Kier alpha value is -1.85. The Morgan fingerprint density at radius 3 is 2.50 bits per heavy atom. The fraction of sp³-hybridized carbons (Fsp3) is 0.300. The summed E-state index contributed by atoms with van der Waals surface area (Å²) >= 11 is 0. The lowest BCUT2D eigenvalue weighted by atomic mass is 10.1. The monoisotopic (exact) mass is 232 g/mol. The molecule has 1 aromatic carbocycles. The van der Waals surface area contributed by atoms with Gasteiger partial charge in [-0.1, -0.05) is 0 Å². The highest BCUT2D eigenvalue weighted by Gasteiger charge is 2.43. The van der Waals surface area contributed by atoms with E-state index < -0.39 is 29.0 Å². The number of halogens is 2. The third-order valence-electron chi connectivity index (χ3n) is 1.87. The third-order valence-corrected chi connectivity index (χ3v) is 1.87. The summed E-state index contributed by atoms with van der Waals surface area (Å²) in [6, 6.07) is 2.33. The smallest absolute Gasteiger partial charge is 0.381 e. The summed E-state index contributed by atoms with van der Waals surface area (Å²) in [5.74, 6) is -6.80. The molecule has 0 unspecified atom stereocenters. The minimum absolute atomic E-state index is 0.168. The molecule has 88 valence electrons. The van der Waals surface area contributed by atoms with Gasteiger partial charge >= 0.3 is 11.9 Å². The number of carbonyl (C=O) groups excluding carboxylic acids is 1. The molecular weight excluding hydrogens is 222 g/mol. The van der Waals surface area contributed by atoms with Crippen molar-refractivity contribution in [1.29, 1.82) is 0 Å². The number of phenols is 2. The average Bonchev–Trinajstić information content (AvgIpc) is 2.22. The molecule has 0 aliphatic carbocycles. The van der Waals surface area contributed by atoms with Crippen LogP contribution in [0.3, 0.4) is 0 Å². The Morgan fingerprint density at radius 2 is 2.00 bits per heavy atom. The topological polar surface area (TPSA) is 66.8 Å². The molecule has 0 saturated carbocycles. The second-order valence-electron chi connectivity index (χ2n) is 3.00. The van der Waals surface area contributed by atoms with Gasteiger partial charge in [-0.15, -0.1) is 0 Å². The summed E-state index contributed by atoms with van der Waals surface area (Å²) in [6.07, 6.45) is 0. The SMILES string of the molecule is CCOC(=O)C(F)(F)c1ccc(O)c(O)c1. The zero-order valence-electron chi connectivity index (χ0n) is 8.41. The number of hydrogen-bond acceptors (Lipinski definition) is 4. The van der Waals surface area contributed by atoms with Crippen molar-refractivity contribution in [2.45, 2.75) is 12.8 Å². The Balaban J connectivity index is 3.06.